The normalized spacial score (nSPS) is 22.0. The molecule has 0 aromatic carbocycles. The number of anilines is 1. The maximum Gasteiger partial charge on any atom is 0.236 e. The summed E-state index contributed by atoms with van der Waals surface area (Å²) >= 11 is 0. The highest BCUT2D eigenvalue weighted by atomic mass is 16.2. The van der Waals surface area contributed by atoms with Crippen molar-refractivity contribution in [3.63, 3.8) is 0 Å². The molecule has 132 valence electrons. The lowest BCUT2D eigenvalue weighted by atomic mass is 9.94. The van der Waals surface area contributed by atoms with Crippen LogP contribution in [0.5, 0.6) is 0 Å². The van der Waals surface area contributed by atoms with Crippen molar-refractivity contribution >= 4 is 11.7 Å². The molecule has 1 aromatic heterocycles. The average Bonchev–Trinajstić information content (AvgIpc) is 3.09. The molecular formula is C18H29N5O. The molecule has 2 fully saturated rings. The number of likely N-dealkylation sites (N-methyl/N-ethyl adjacent to an activating group) is 1. The molecule has 2 saturated heterocycles. The second-order valence-electron chi connectivity index (χ2n) is 7.25. The molecule has 0 spiro atoms. The molecule has 0 aliphatic carbocycles. The first-order valence-electron chi connectivity index (χ1n) is 9.06. The number of amides is 1. The summed E-state index contributed by atoms with van der Waals surface area (Å²) in [5.74, 6) is 2.51. The smallest absolute Gasteiger partial charge is 0.236 e. The molecule has 3 heterocycles. The molecule has 6 heteroatoms. The standard InChI is InChI=1S/C18H29N5O/c1-14-19-16(11-17(20-14)23-9-4-5-10-23)15-7-6-8-22(12-15)13-18(24)21(2)3/h11,15H,4-10,12-13H2,1-3H3/t15-/m0/s1. The van der Waals surface area contributed by atoms with Gasteiger partial charge in [0, 0.05) is 45.7 Å². The lowest BCUT2D eigenvalue weighted by Gasteiger charge is -2.33. The number of carbonyl (C=O) groups excluding carboxylic acids is 1. The Hall–Kier alpha value is -1.69. The zero-order valence-electron chi connectivity index (χ0n) is 15.2. The molecule has 0 unspecified atom stereocenters. The van der Waals surface area contributed by atoms with Crippen molar-refractivity contribution in [2.75, 3.05) is 51.7 Å². The Balaban J connectivity index is 1.72. The second-order valence-corrected chi connectivity index (χ2v) is 7.25. The average molecular weight is 331 g/mol. The van der Waals surface area contributed by atoms with Gasteiger partial charge < -0.3 is 9.80 Å². The van der Waals surface area contributed by atoms with Crippen LogP contribution >= 0.6 is 0 Å². The zero-order valence-corrected chi connectivity index (χ0v) is 15.2. The molecule has 0 radical (unpaired) electrons. The van der Waals surface area contributed by atoms with E-state index in [1.165, 1.54) is 12.8 Å². The van der Waals surface area contributed by atoms with Gasteiger partial charge in [0.2, 0.25) is 5.91 Å². The van der Waals surface area contributed by atoms with Gasteiger partial charge in [0.1, 0.15) is 11.6 Å². The number of hydrogen-bond acceptors (Lipinski definition) is 5. The third-order valence-corrected chi connectivity index (χ3v) is 5.06. The van der Waals surface area contributed by atoms with Gasteiger partial charge in [-0.15, -0.1) is 0 Å². The van der Waals surface area contributed by atoms with Gasteiger partial charge in [0.15, 0.2) is 0 Å². The van der Waals surface area contributed by atoms with Crippen LogP contribution in [-0.4, -0.2) is 72.5 Å². The fourth-order valence-electron chi connectivity index (χ4n) is 3.67. The molecular weight excluding hydrogens is 302 g/mol. The number of nitrogens with zero attached hydrogens (tertiary/aromatic N) is 5. The van der Waals surface area contributed by atoms with Crippen LogP contribution in [0.2, 0.25) is 0 Å². The van der Waals surface area contributed by atoms with Crippen molar-refractivity contribution in [3.8, 4) is 0 Å². The molecule has 24 heavy (non-hydrogen) atoms. The minimum absolute atomic E-state index is 0.173. The van der Waals surface area contributed by atoms with Crippen LogP contribution in [0.4, 0.5) is 5.82 Å². The minimum Gasteiger partial charge on any atom is -0.357 e. The summed E-state index contributed by atoms with van der Waals surface area (Å²) in [5.41, 5.74) is 1.14. The first-order valence-corrected chi connectivity index (χ1v) is 9.06. The first kappa shape index (κ1) is 17.1. The maximum absolute atomic E-state index is 12.0. The van der Waals surface area contributed by atoms with Crippen molar-refractivity contribution in [2.24, 2.45) is 0 Å². The molecule has 1 atom stereocenters. The summed E-state index contributed by atoms with van der Waals surface area (Å²) in [7, 11) is 3.64. The van der Waals surface area contributed by atoms with Crippen molar-refractivity contribution in [2.45, 2.75) is 38.5 Å². The zero-order chi connectivity index (χ0) is 17.1. The van der Waals surface area contributed by atoms with Crippen LogP contribution in [0, 0.1) is 6.92 Å². The van der Waals surface area contributed by atoms with Crippen molar-refractivity contribution in [1.82, 2.24) is 19.8 Å². The molecule has 2 aliphatic rings. The SMILES string of the molecule is Cc1nc([C@H]2CCCN(CC(=O)N(C)C)C2)cc(N2CCCC2)n1. The van der Waals surface area contributed by atoms with Gasteiger partial charge in [-0.05, 0) is 39.2 Å². The van der Waals surface area contributed by atoms with Crippen LogP contribution in [0.15, 0.2) is 6.07 Å². The Labute approximate surface area is 144 Å². The number of piperidine rings is 1. The van der Waals surface area contributed by atoms with Gasteiger partial charge >= 0.3 is 0 Å². The van der Waals surface area contributed by atoms with Gasteiger partial charge in [-0.3, -0.25) is 9.69 Å². The van der Waals surface area contributed by atoms with Crippen molar-refractivity contribution in [1.29, 1.82) is 0 Å². The van der Waals surface area contributed by atoms with E-state index in [1.54, 1.807) is 4.90 Å². The lowest BCUT2D eigenvalue weighted by Crippen LogP contribution is -2.41. The summed E-state index contributed by atoms with van der Waals surface area (Å²) in [6.07, 6.45) is 4.76. The highest BCUT2D eigenvalue weighted by molar-refractivity contribution is 5.77. The van der Waals surface area contributed by atoms with E-state index in [0.717, 1.165) is 56.4 Å². The van der Waals surface area contributed by atoms with Crippen LogP contribution in [0.25, 0.3) is 0 Å². The summed E-state index contributed by atoms with van der Waals surface area (Å²) in [4.78, 5) is 27.7. The van der Waals surface area contributed by atoms with E-state index in [4.69, 9.17) is 4.98 Å². The molecule has 6 nitrogen and oxygen atoms in total. The molecule has 1 aromatic rings. The summed E-state index contributed by atoms with van der Waals surface area (Å²) in [5, 5.41) is 0. The van der Waals surface area contributed by atoms with E-state index in [0.29, 0.717) is 12.5 Å². The Morgan fingerprint density at radius 1 is 1.21 bits per heavy atom. The largest absolute Gasteiger partial charge is 0.357 e. The van der Waals surface area contributed by atoms with Crippen LogP contribution in [-0.2, 0) is 4.79 Å². The van der Waals surface area contributed by atoms with Crippen molar-refractivity contribution in [3.05, 3.63) is 17.6 Å². The quantitative estimate of drug-likeness (QED) is 0.840. The Morgan fingerprint density at radius 3 is 2.67 bits per heavy atom. The first-order chi connectivity index (χ1) is 11.5. The molecule has 3 rings (SSSR count). The number of aromatic nitrogens is 2. The van der Waals surface area contributed by atoms with E-state index in [-0.39, 0.29) is 5.91 Å². The number of aryl methyl sites for hydroxylation is 1. The van der Waals surface area contributed by atoms with Crippen LogP contribution < -0.4 is 4.90 Å². The highest BCUT2D eigenvalue weighted by Gasteiger charge is 2.25. The third kappa shape index (κ3) is 4.04. The van der Waals surface area contributed by atoms with Gasteiger partial charge in [0.25, 0.3) is 0 Å². The number of hydrogen-bond donors (Lipinski definition) is 0. The van der Waals surface area contributed by atoms with E-state index in [2.05, 4.69) is 20.9 Å². The monoisotopic (exact) mass is 331 g/mol. The highest BCUT2D eigenvalue weighted by Crippen LogP contribution is 2.28. The predicted molar refractivity (Wildman–Crippen MR) is 95.3 cm³/mol. The van der Waals surface area contributed by atoms with Crippen molar-refractivity contribution < 1.29 is 4.79 Å². The lowest BCUT2D eigenvalue weighted by molar-refractivity contribution is -0.130. The molecule has 2 aliphatic heterocycles. The third-order valence-electron chi connectivity index (χ3n) is 5.06. The summed E-state index contributed by atoms with van der Waals surface area (Å²) in [6.45, 7) is 6.61. The van der Waals surface area contributed by atoms with Gasteiger partial charge in [-0.2, -0.15) is 0 Å². The van der Waals surface area contributed by atoms with E-state index < -0.39 is 0 Å². The van der Waals surface area contributed by atoms with Crippen LogP contribution in [0.3, 0.4) is 0 Å². The predicted octanol–water partition coefficient (Wildman–Crippen LogP) is 1.65. The second kappa shape index (κ2) is 7.47. The van der Waals surface area contributed by atoms with Gasteiger partial charge in [-0.25, -0.2) is 9.97 Å². The Morgan fingerprint density at radius 2 is 1.96 bits per heavy atom. The fraction of sp³-hybridized carbons (Fsp3) is 0.722. The molecule has 0 bridgehead atoms. The topological polar surface area (TPSA) is 52.6 Å². The number of rotatable bonds is 4. The number of carbonyl (C=O) groups is 1. The van der Waals surface area contributed by atoms with Gasteiger partial charge in [0.05, 0.1) is 12.2 Å². The molecule has 0 N–H and O–H groups in total. The minimum atomic E-state index is 0.173. The fourth-order valence-corrected chi connectivity index (χ4v) is 3.67. The Kier molecular flexibility index (Phi) is 5.33. The van der Waals surface area contributed by atoms with E-state index in [1.807, 2.05) is 21.0 Å². The Bertz CT molecular complexity index is 583. The van der Waals surface area contributed by atoms with Gasteiger partial charge in [-0.1, -0.05) is 0 Å². The number of likely N-dealkylation sites (tertiary alicyclic amines) is 1. The van der Waals surface area contributed by atoms with E-state index in [9.17, 15) is 4.79 Å². The molecule has 0 saturated carbocycles. The molecule has 1 amide bonds. The maximum atomic E-state index is 12.0. The summed E-state index contributed by atoms with van der Waals surface area (Å²) in [6, 6.07) is 2.18. The van der Waals surface area contributed by atoms with E-state index >= 15 is 0 Å². The van der Waals surface area contributed by atoms with Crippen LogP contribution in [0.1, 0.15) is 43.1 Å². The summed E-state index contributed by atoms with van der Waals surface area (Å²) < 4.78 is 0.